The number of rotatable bonds is 8. The van der Waals surface area contributed by atoms with E-state index in [1.807, 2.05) is 47.8 Å². The molecule has 7 nitrogen and oxygen atoms in total. The summed E-state index contributed by atoms with van der Waals surface area (Å²) in [5.74, 6) is -3.83. The van der Waals surface area contributed by atoms with E-state index in [0.717, 1.165) is 29.3 Å². The Morgan fingerprint density at radius 3 is 2.08 bits per heavy atom. The second-order valence-corrected chi connectivity index (χ2v) is 8.76. The number of hydrogen-bond acceptors (Lipinski definition) is 4. The van der Waals surface area contributed by atoms with Gasteiger partial charge < -0.3 is 20.8 Å². The third-order valence-corrected chi connectivity index (χ3v) is 5.89. The van der Waals surface area contributed by atoms with Gasteiger partial charge in [0.05, 0.1) is 10.7 Å². The number of anilines is 1. The summed E-state index contributed by atoms with van der Waals surface area (Å²) in [5.41, 5.74) is -1.42. The lowest BCUT2D eigenvalue weighted by atomic mass is 10.0. The summed E-state index contributed by atoms with van der Waals surface area (Å²) in [4.78, 5) is 36.3. The van der Waals surface area contributed by atoms with E-state index in [0.29, 0.717) is 12.5 Å². The van der Waals surface area contributed by atoms with Crippen LogP contribution in [0.1, 0.15) is 22.8 Å². The molecule has 0 saturated carbocycles. The standard InChI is InChI=1S/C26H22ClF3N2O5/c1-25(37,26(28,29)30)24(36)32-20-12-11-18(14-19(20)27)22(33)31-21(23(34)35)13-15-7-9-17(10-8-15)16-5-3-2-4-6-16/h2-12,14,21,37H,13H2,1H3,(H,31,33)(H,32,36)(H,34,35)/t21-,25?/m0/s1. The number of carbonyl (C=O) groups excluding carboxylic acids is 2. The zero-order chi connectivity index (χ0) is 27.4. The predicted octanol–water partition coefficient (Wildman–Crippen LogP) is 4.68. The van der Waals surface area contributed by atoms with E-state index in [9.17, 15) is 37.8 Å². The van der Waals surface area contributed by atoms with Crippen molar-refractivity contribution >= 4 is 35.1 Å². The lowest BCUT2D eigenvalue weighted by Gasteiger charge is -2.25. The quantitative estimate of drug-likeness (QED) is 0.335. The second kappa shape index (κ2) is 11.0. The molecule has 0 fully saturated rings. The van der Waals surface area contributed by atoms with Gasteiger partial charge in [0, 0.05) is 12.0 Å². The minimum atomic E-state index is -5.23. The number of halogens is 4. The molecule has 2 amide bonds. The van der Waals surface area contributed by atoms with Gasteiger partial charge in [0.2, 0.25) is 5.60 Å². The first-order valence-electron chi connectivity index (χ1n) is 10.9. The molecule has 3 aromatic carbocycles. The highest BCUT2D eigenvalue weighted by Gasteiger charge is 2.55. The van der Waals surface area contributed by atoms with Crippen molar-refractivity contribution < 1.29 is 37.8 Å². The van der Waals surface area contributed by atoms with Gasteiger partial charge in [-0.15, -0.1) is 0 Å². The Morgan fingerprint density at radius 1 is 0.946 bits per heavy atom. The molecular weight excluding hydrogens is 513 g/mol. The van der Waals surface area contributed by atoms with Crippen molar-refractivity contribution in [3.05, 3.63) is 88.9 Å². The summed E-state index contributed by atoms with van der Waals surface area (Å²) in [6, 6.07) is 18.8. The first-order valence-corrected chi connectivity index (χ1v) is 11.3. The van der Waals surface area contributed by atoms with Gasteiger partial charge in [-0.25, -0.2) is 4.79 Å². The van der Waals surface area contributed by atoms with Crippen molar-refractivity contribution in [3.8, 4) is 11.1 Å². The predicted molar refractivity (Wildman–Crippen MR) is 131 cm³/mol. The summed E-state index contributed by atoms with van der Waals surface area (Å²) in [5, 5.41) is 23.0. The molecule has 11 heteroatoms. The van der Waals surface area contributed by atoms with Crippen LogP contribution in [-0.4, -0.2) is 45.8 Å². The SMILES string of the molecule is CC(O)(C(=O)Nc1ccc(C(=O)N[C@@H](Cc2ccc(-c3ccccc3)cc2)C(=O)O)cc1Cl)C(F)(F)F. The minimum Gasteiger partial charge on any atom is -0.480 e. The number of carbonyl (C=O) groups is 3. The third kappa shape index (κ3) is 6.66. The first-order chi connectivity index (χ1) is 17.3. The van der Waals surface area contributed by atoms with E-state index in [-0.39, 0.29) is 22.7 Å². The van der Waals surface area contributed by atoms with Crippen LogP contribution < -0.4 is 10.6 Å². The largest absolute Gasteiger partial charge is 0.480 e. The molecule has 2 atom stereocenters. The number of alkyl halides is 3. The van der Waals surface area contributed by atoms with E-state index in [1.165, 1.54) is 0 Å². The molecule has 3 rings (SSSR count). The normalized spacial score (nSPS) is 13.8. The van der Waals surface area contributed by atoms with Crippen LogP contribution in [0.2, 0.25) is 5.02 Å². The Labute approximate surface area is 214 Å². The van der Waals surface area contributed by atoms with Crippen LogP contribution >= 0.6 is 11.6 Å². The number of aliphatic carboxylic acids is 1. The highest BCUT2D eigenvalue weighted by atomic mass is 35.5. The van der Waals surface area contributed by atoms with E-state index in [4.69, 9.17) is 11.6 Å². The summed E-state index contributed by atoms with van der Waals surface area (Å²) in [6.45, 7) is 0.291. The fourth-order valence-electron chi connectivity index (χ4n) is 3.27. The molecule has 0 saturated heterocycles. The molecule has 0 spiro atoms. The number of amides is 2. The Bertz CT molecular complexity index is 1300. The monoisotopic (exact) mass is 534 g/mol. The summed E-state index contributed by atoms with van der Waals surface area (Å²) < 4.78 is 38.6. The molecule has 0 aliphatic rings. The van der Waals surface area contributed by atoms with Gasteiger partial charge in [-0.05, 0) is 41.8 Å². The molecule has 0 radical (unpaired) electrons. The number of aliphatic hydroxyl groups is 1. The van der Waals surface area contributed by atoms with Crippen molar-refractivity contribution in [2.75, 3.05) is 5.32 Å². The van der Waals surface area contributed by atoms with E-state index in [2.05, 4.69) is 5.32 Å². The number of nitrogens with one attached hydrogen (secondary N) is 2. The van der Waals surface area contributed by atoms with Crippen molar-refractivity contribution in [1.82, 2.24) is 5.32 Å². The maximum atomic E-state index is 12.9. The van der Waals surface area contributed by atoms with Crippen molar-refractivity contribution in [3.63, 3.8) is 0 Å². The van der Waals surface area contributed by atoms with Crippen LogP contribution in [0.3, 0.4) is 0 Å². The van der Waals surface area contributed by atoms with Gasteiger partial charge in [-0.3, -0.25) is 9.59 Å². The Hall–Kier alpha value is -3.89. The van der Waals surface area contributed by atoms with Crippen molar-refractivity contribution in [2.45, 2.75) is 31.2 Å². The lowest BCUT2D eigenvalue weighted by molar-refractivity contribution is -0.242. The average molecular weight is 535 g/mol. The van der Waals surface area contributed by atoms with Gasteiger partial charge in [0.15, 0.2) is 0 Å². The Kier molecular flexibility index (Phi) is 8.25. The van der Waals surface area contributed by atoms with Crippen LogP contribution in [0.4, 0.5) is 18.9 Å². The van der Waals surface area contributed by atoms with Crippen LogP contribution in [0.25, 0.3) is 11.1 Å². The molecule has 0 aliphatic heterocycles. The Morgan fingerprint density at radius 2 is 1.54 bits per heavy atom. The van der Waals surface area contributed by atoms with Gasteiger partial charge in [-0.2, -0.15) is 13.2 Å². The highest BCUT2D eigenvalue weighted by molar-refractivity contribution is 6.34. The zero-order valence-electron chi connectivity index (χ0n) is 19.3. The van der Waals surface area contributed by atoms with E-state index < -0.39 is 35.6 Å². The van der Waals surface area contributed by atoms with E-state index in [1.54, 1.807) is 12.1 Å². The fraction of sp³-hybridized carbons (Fsp3) is 0.192. The number of hydrogen-bond donors (Lipinski definition) is 4. The molecule has 1 unspecified atom stereocenters. The van der Waals surface area contributed by atoms with Crippen LogP contribution in [-0.2, 0) is 16.0 Å². The van der Waals surface area contributed by atoms with Gasteiger partial charge in [-0.1, -0.05) is 66.2 Å². The average Bonchev–Trinajstić information content (AvgIpc) is 2.84. The van der Waals surface area contributed by atoms with Crippen molar-refractivity contribution in [2.24, 2.45) is 0 Å². The first kappa shape index (κ1) is 27.7. The van der Waals surface area contributed by atoms with Crippen molar-refractivity contribution in [1.29, 1.82) is 0 Å². The molecule has 0 heterocycles. The number of carboxylic acids is 1. The minimum absolute atomic E-state index is 0.00938. The third-order valence-electron chi connectivity index (χ3n) is 5.58. The number of benzene rings is 3. The molecule has 0 bridgehead atoms. The molecule has 0 aromatic heterocycles. The van der Waals surface area contributed by atoms with Crippen LogP contribution in [0.5, 0.6) is 0 Å². The van der Waals surface area contributed by atoms with Gasteiger partial charge in [0.25, 0.3) is 11.8 Å². The molecule has 194 valence electrons. The summed E-state index contributed by atoms with van der Waals surface area (Å²) >= 11 is 6.00. The maximum absolute atomic E-state index is 12.9. The maximum Gasteiger partial charge on any atom is 0.426 e. The second-order valence-electron chi connectivity index (χ2n) is 8.35. The topological polar surface area (TPSA) is 116 Å². The van der Waals surface area contributed by atoms with E-state index >= 15 is 0 Å². The van der Waals surface area contributed by atoms with Crippen LogP contribution in [0, 0.1) is 0 Å². The molecule has 37 heavy (non-hydrogen) atoms. The van der Waals surface area contributed by atoms with Gasteiger partial charge in [0.1, 0.15) is 6.04 Å². The highest BCUT2D eigenvalue weighted by Crippen LogP contribution is 2.32. The van der Waals surface area contributed by atoms with Gasteiger partial charge >= 0.3 is 12.1 Å². The summed E-state index contributed by atoms with van der Waals surface area (Å²) in [7, 11) is 0. The molecule has 0 aliphatic carbocycles. The van der Waals surface area contributed by atoms with Crippen LogP contribution in [0.15, 0.2) is 72.8 Å². The molecular formula is C26H22ClF3N2O5. The Balaban J connectivity index is 1.69. The number of carboxylic acid groups (broad SMARTS) is 1. The fourth-order valence-corrected chi connectivity index (χ4v) is 3.50. The lowest BCUT2D eigenvalue weighted by Crippen LogP contribution is -2.52. The zero-order valence-corrected chi connectivity index (χ0v) is 20.1. The summed E-state index contributed by atoms with van der Waals surface area (Å²) in [6.07, 6.45) is -5.23. The smallest absolute Gasteiger partial charge is 0.426 e. The molecule has 4 N–H and O–H groups in total. The molecule has 3 aromatic rings.